The smallest absolute Gasteiger partial charge is 0.322 e. The lowest BCUT2D eigenvalue weighted by Gasteiger charge is -2.20. The van der Waals surface area contributed by atoms with E-state index < -0.39 is 12.1 Å². The first-order valence-electron chi connectivity index (χ1n) is 4.14. The molecule has 5 heteroatoms. The van der Waals surface area contributed by atoms with Crippen LogP contribution in [0.15, 0.2) is 0 Å². The van der Waals surface area contributed by atoms with Crippen LogP contribution in [0.5, 0.6) is 0 Å². The van der Waals surface area contributed by atoms with Crippen molar-refractivity contribution in [1.82, 2.24) is 10.6 Å². The summed E-state index contributed by atoms with van der Waals surface area (Å²) in [7, 11) is 0. The summed E-state index contributed by atoms with van der Waals surface area (Å²) in [5.41, 5.74) is -0.298. The Kier molecular flexibility index (Phi) is 2.56. The molecule has 1 atom stereocenters. The Morgan fingerprint density at radius 2 is 2.00 bits per heavy atom. The summed E-state index contributed by atoms with van der Waals surface area (Å²) in [4.78, 5) is 21.7. The molecular weight excluding hydrogens is 172 g/mol. The molecule has 1 aliphatic rings. The summed E-state index contributed by atoms with van der Waals surface area (Å²) in [5, 5.41) is 4.59. The Labute approximate surface area is 76.8 Å². The van der Waals surface area contributed by atoms with E-state index in [4.69, 9.17) is 4.74 Å². The summed E-state index contributed by atoms with van der Waals surface area (Å²) in [6.07, 6.45) is 0. The molecule has 5 nitrogen and oxygen atoms in total. The minimum absolute atomic E-state index is 0.209. The van der Waals surface area contributed by atoms with Gasteiger partial charge in [-0.05, 0) is 20.8 Å². The lowest BCUT2D eigenvalue weighted by atomic mass is 10.2. The number of hydrogen-bond acceptors (Lipinski definition) is 3. The van der Waals surface area contributed by atoms with Crippen molar-refractivity contribution in [2.45, 2.75) is 32.4 Å². The number of amides is 3. The van der Waals surface area contributed by atoms with Gasteiger partial charge in [-0.3, -0.25) is 10.1 Å². The Bertz CT molecular complexity index is 232. The third-order valence-electron chi connectivity index (χ3n) is 1.54. The summed E-state index contributed by atoms with van der Waals surface area (Å²) in [6.45, 7) is 5.88. The Morgan fingerprint density at radius 1 is 1.38 bits per heavy atom. The van der Waals surface area contributed by atoms with E-state index in [2.05, 4.69) is 10.6 Å². The molecule has 1 saturated heterocycles. The number of hydrogen-bond donors (Lipinski definition) is 2. The molecule has 0 aromatic rings. The predicted molar refractivity (Wildman–Crippen MR) is 46.2 cm³/mol. The maximum atomic E-state index is 11.0. The molecule has 1 aliphatic heterocycles. The minimum Gasteiger partial charge on any atom is -0.373 e. The fourth-order valence-electron chi connectivity index (χ4n) is 0.910. The third kappa shape index (κ3) is 3.02. The van der Waals surface area contributed by atoms with Gasteiger partial charge in [0.05, 0.1) is 12.2 Å². The highest BCUT2D eigenvalue weighted by molar-refractivity contribution is 6.04. The van der Waals surface area contributed by atoms with Crippen LogP contribution in [0.2, 0.25) is 0 Å². The lowest BCUT2D eigenvalue weighted by molar-refractivity contribution is -0.122. The maximum absolute atomic E-state index is 11.0. The van der Waals surface area contributed by atoms with Crippen molar-refractivity contribution < 1.29 is 14.3 Å². The maximum Gasteiger partial charge on any atom is 0.322 e. The van der Waals surface area contributed by atoms with Crippen molar-refractivity contribution in [3.8, 4) is 0 Å². The van der Waals surface area contributed by atoms with E-state index in [0.717, 1.165) is 0 Å². The van der Waals surface area contributed by atoms with Gasteiger partial charge in [0.15, 0.2) is 0 Å². The van der Waals surface area contributed by atoms with Gasteiger partial charge in [-0.2, -0.15) is 0 Å². The molecule has 0 saturated carbocycles. The Morgan fingerprint density at radius 3 is 2.38 bits per heavy atom. The van der Waals surface area contributed by atoms with Crippen molar-refractivity contribution >= 4 is 11.9 Å². The van der Waals surface area contributed by atoms with Crippen molar-refractivity contribution in [2.24, 2.45) is 0 Å². The van der Waals surface area contributed by atoms with E-state index in [1.807, 2.05) is 20.8 Å². The van der Waals surface area contributed by atoms with E-state index in [9.17, 15) is 9.59 Å². The average Bonchev–Trinajstić information content (AvgIpc) is 2.24. The quantitative estimate of drug-likeness (QED) is 0.597. The van der Waals surface area contributed by atoms with Gasteiger partial charge in [0.25, 0.3) is 5.91 Å². The van der Waals surface area contributed by atoms with Gasteiger partial charge in [0, 0.05) is 0 Å². The van der Waals surface area contributed by atoms with Crippen LogP contribution in [0.4, 0.5) is 4.79 Å². The van der Waals surface area contributed by atoms with Crippen LogP contribution in [0.1, 0.15) is 20.8 Å². The fourth-order valence-corrected chi connectivity index (χ4v) is 0.910. The monoisotopic (exact) mass is 186 g/mol. The Hall–Kier alpha value is -1.10. The van der Waals surface area contributed by atoms with Gasteiger partial charge in [-0.15, -0.1) is 0 Å². The molecular formula is C8H14N2O3. The topological polar surface area (TPSA) is 67.4 Å². The summed E-state index contributed by atoms with van der Waals surface area (Å²) in [6, 6.07) is -1.00. The second-order valence-corrected chi connectivity index (χ2v) is 3.94. The van der Waals surface area contributed by atoms with E-state index in [-0.39, 0.29) is 18.1 Å². The molecule has 0 bridgehead atoms. The molecule has 1 fully saturated rings. The van der Waals surface area contributed by atoms with Crippen LogP contribution in [-0.4, -0.2) is 30.2 Å². The van der Waals surface area contributed by atoms with Gasteiger partial charge in [-0.25, -0.2) is 4.79 Å². The highest BCUT2D eigenvalue weighted by atomic mass is 16.5. The first kappa shape index (κ1) is 9.98. The molecule has 0 aromatic carbocycles. The van der Waals surface area contributed by atoms with Crippen LogP contribution in [0, 0.1) is 0 Å². The number of carbonyl (C=O) groups is 2. The molecule has 0 aliphatic carbocycles. The van der Waals surface area contributed by atoms with Gasteiger partial charge in [0.2, 0.25) is 0 Å². The van der Waals surface area contributed by atoms with Gasteiger partial charge >= 0.3 is 6.03 Å². The van der Waals surface area contributed by atoms with Crippen molar-refractivity contribution in [2.75, 3.05) is 6.61 Å². The molecule has 1 heterocycles. The Balaban J connectivity index is 2.38. The van der Waals surface area contributed by atoms with Crippen molar-refractivity contribution in [1.29, 1.82) is 0 Å². The summed E-state index contributed by atoms with van der Waals surface area (Å²) in [5.74, 6) is -0.325. The highest BCUT2D eigenvalue weighted by Gasteiger charge is 2.30. The highest BCUT2D eigenvalue weighted by Crippen LogP contribution is 2.08. The number of ether oxygens (including phenoxy) is 1. The molecule has 74 valence electrons. The largest absolute Gasteiger partial charge is 0.373 e. The molecule has 3 amide bonds. The zero-order valence-corrected chi connectivity index (χ0v) is 8.01. The second-order valence-electron chi connectivity index (χ2n) is 3.94. The van der Waals surface area contributed by atoms with Gasteiger partial charge < -0.3 is 10.1 Å². The standard InChI is InChI=1S/C8H14N2O3/c1-8(2,3)13-4-5-6(11)10-7(12)9-5/h5H,4H2,1-3H3,(H2,9,10,11,12)/t5-/m0/s1. The number of urea groups is 1. The molecule has 1 rings (SSSR count). The summed E-state index contributed by atoms with van der Waals surface area (Å²) < 4.78 is 5.36. The van der Waals surface area contributed by atoms with E-state index in [1.165, 1.54) is 0 Å². The van der Waals surface area contributed by atoms with Gasteiger partial charge in [0.1, 0.15) is 6.04 Å². The SMILES string of the molecule is CC(C)(C)OC[C@@H]1NC(=O)NC1=O. The zero-order chi connectivity index (χ0) is 10.1. The predicted octanol–water partition coefficient (Wildman–Crippen LogP) is 0.00950. The van der Waals surface area contributed by atoms with Crippen LogP contribution in [-0.2, 0) is 9.53 Å². The van der Waals surface area contributed by atoms with Crippen LogP contribution >= 0.6 is 0 Å². The van der Waals surface area contributed by atoms with Gasteiger partial charge in [-0.1, -0.05) is 0 Å². The van der Waals surface area contributed by atoms with Crippen LogP contribution in [0.3, 0.4) is 0 Å². The first-order chi connectivity index (χ1) is 5.88. The molecule has 13 heavy (non-hydrogen) atoms. The normalized spacial score (nSPS) is 22.8. The third-order valence-corrected chi connectivity index (χ3v) is 1.54. The van der Waals surface area contributed by atoms with Crippen LogP contribution in [0.25, 0.3) is 0 Å². The number of rotatable bonds is 2. The number of carbonyl (C=O) groups excluding carboxylic acids is 2. The van der Waals surface area contributed by atoms with Crippen molar-refractivity contribution in [3.63, 3.8) is 0 Å². The van der Waals surface area contributed by atoms with Crippen LogP contribution < -0.4 is 10.6 Å². The van der Waals surface area contributed by atoms with Crippen molar-refractivity contribution in [3.05, 3.63) is 0 Å². The minimum atomic E-state index is -0.549. The zero-order valence-electron chi connectivity index (χ0n) is 8.01. The van der Waals surface area contributed by atoms with E-state index in [1.54, 1.807) is 0 Å². The van der Waals surface area contributed by atoms with E-state index >= 15 is 0 Å². The number of nitrogens with one attached hydrogen (secondary N) is 2. The second kappa shape index (κ2) is 3.33. The first-order valence-corrected chi connectivity index (χ1v) is 4.14. The molecule has 0 unspecified atom stereocenters. The number of imide groups is 1. The lowest BCUT2D eigenvalue weighted by Crippen LogP contribution is -2.37. The molecule has 0 spiro atoms. The molecule has 0 aromatic heterocycles. The fraction of sp³-hybridized carbons (Fsp3) is 0.750. The van der Waals surface area contributed by atoms with E-state index in [0.29, 0.717) is 0 Å². The average molecular weight is 186 g/mol. The molecule has 0 radical (unpaired) electrons. The molecule has 2 N–H and O–H groups in total. The summed E-state index contributed by atoms with van der Waals surface area (Å²) >= 11 is 0.